The van der Waals surface area contributed by atoms with Gasteiger partial charge in [0.15, 0.2) is 5.96 Å². The number of rotatable bonds is 9. The Morgan fingerprint density at radius 3 is 2.50 bits per heavy atom. The fourth-order valence-electron chi connectivity index (χ4n) is 4.86. The number of hydrogen-bond acceptors (Lipinski definition) is 7. The van der Waals surface area contributed by atoms with Crippen molar-refractivity contribution in [3.8, 4) is 5.75 Å². The highest BCUT2D eigenvalue weighted by molar-refractivity contribution is 7.89. The van der Waals surface area contributed by atoms with Crippen molar-refractivity contribution in [2.75, 3.05) is 26.7 Å². The lowest BCUT2D eigenvalue weighted by Crippen LogP contribution is -2.58. The molecule has 5 N–H and O–H groups in total. The van der Waals surface area contributed by atoms with E-state index in [2.05, 4.69) is 10.0 Å². The number of nitrogens with two attached hydrogens (primary N) is 1. The summed E-state index contributed by atoms with van der Waals surface area (Å²) in [7, 11) is -2.50. The summed E-state index contributed by atoms with van der Waals surface area (Å²) in [4.78, 5) is 41.8. The first kappa shape index (κ1) is 30.5. The lowest BCUT2D eigenvalue weighted by Gasteiger charge is -2.39. The number of guanidine groups is 1. The molecule has 0 saturated carbocycles. The fourth-order valence-corrected chi connectivity index (χ4v) is 5.94. The van der Waals surface area contributed by atoms with Gasteiger partial charge >= 0.3 is 5.97 Å². The van der Waals surface area contributed by atoms with Crippen LogP contribution in [0.25, 0.3) is 10.8 Å². The number of nitrogens with one attached hydrogen (secondary N) is 3. The normalized spacial score (nSPS) is 16.0. The monoisotopic (exact) mass is 594 g/mol. The average molecular weight is 595 g/mol. The Hall–Kier alpha value is -4.49. The smallest absolute Gasteiger partial charge is 0.308 e. The number of piperidine rings is 1. The molecule has 1 heterocycles. The molecule has 4 rings (SSSR count). The number of ether oxygens (including phenoxy) is 1. The van der Waals surface area contributed by atoms with Crippen molar-refractivity contribution in [2.24, 2.45) is 5.73 Å². The molecule has 3 aromatic carbocycles. The van der Waals surface area contributed by atoms with Gasteiger partial charge in [-0.3, -0.25) is 19.8 Å². The Morgan fingerprint density at radius 2 is 1.79 bits per heavy atom. The van der Waals surface area contributed by atoms with Crippen molar-refractivity contribution in [1.82, 2.24) is 19.8 Å². The molecular weight excluding hydrogens is 560 g/mol. The third-order valence-corrected chi connectivity index (χ3v) is 8.55. The molecule has 1 saturated heterocycles. The van der Waals surface area contributed by atoms with E-state index in [0.717, 1.165) is 10.8 Å². The van der Waals surface area contributed by atoms with Gasteiger partial charge in [0.05, 0.1) is 10.5 Å². The summed E-state index contributed by atoms with van der Waals surface area (Å²) in [5.74, 6) is -1.99. The number of nitrogens with zero attached hydrogens (tertiary/aromatic N) is 2. The van der Waals surface area contributed by atoms with Gasteiger partial charge in [-0.2, -0.15) is 0 Å². The summed E-state index contributed by atoms with van der Waals surface area (Å²) in [5, 5.41) is 12.0. The number of likely N-dealkylation sites (tertiary alicyclic amines) is 1. The summed E-state index contributed by atoms with van der Waals surface area (Å²) in [6.07, 6.45) is 1.34. The molecule has 0 bridgehead atoms. The summed E-state index contributed by atoms with van der Waals surface area (Å²) in [6.45, 7) is 1.68. The molecule has 1 fully saturated rings. The van der Waals surface area contributed by atoms with E-state index in [1.54, 1.807) is 42.3 Å². The van der Waals surface area contributed by atoms with E-state index in [1.165, 1.54) is 36.1 Å². The molecule has 222 valence electrons. The van der Waals surface area contributed by atoms with Gasteiger partial charge in [-0.05, 0) is 47.9 Å². The van der Waals surface area contributed by atoms with Crippen LogP contribution in [0.5, 0.6) is 5.75 Å². The summed E-state index contributed by atoms with van der Waals surface area (Å²) >= 11 is 0. The number of esters is 1. The minimum absolute atomic E-state index is 0.00294. The molecule has 0 aliphatic carbocycles. The Kier molecular flexibility index (Phi) is 9.43. The van der Waals surface area contributed by atoms with Crippen LogP contribution in [0.3, 0.4) is 0 Å². The van der Waals surface area contributed by atoms with Crippen molar-refractivity contribution in [3.63, 3.8) is 0 Å². The van der Waals surface area contributed by atoms with Crippen molar-refractivity contribution < 1.29 is 27.5 Å². The van der Waals surface area contributed by atoms with E-state index in [1.807, 2.05) is 12.1 Å². The number of benzene rings is 3. The molecule has 0 radical (unpaired) electrons. The first-order chi connectivity index (χ1) is 20.0. The summed E-state index contributed by atoms with van der Waals surface area (Å²) in [5.41, 5.74) is 5.67. The molecular formula is C29H34N6O6S. The number of amides is 2. The molecule has 13 heteroatoms. The van der Waals surface area contributed by atoms with E-state index < -0.39 is 40.4 Å². The van der Waals surface area contributed by atoms with Crippen LogP contribution in [-0.4, -0.2) is 80.7 Å². The summed E-state index contributed by atoms with van der Waals surface area (Å²) < 4.78 is 34.2. The highest BCUT2D eigenvalue weighted by atomic mass is 32.2. The van der Waals surface area contributed by atoms with Crippen LogP contribution in [0.15, 0.2) is 71.6 Å². The second-order valence-corrected chi connectivity index (χ2v) is 11.8. The quantitative estimate of drug-likeness (QED) is 0.125. The lowest BCUT2D eigenvalue weighted by molar-refractivity contribution is -0.134. The van der Waals surface area contributed by atoms with Crippen LogP contribution in [0.4, 0.5) is 0 Å². The molecule has 0 spiro atoms. The highest BCUT2D eigenvalue weighted by Crippen LogP contribution is 2.21. The number of carbonyl (C=O) groups is 3. The van der Waals surface area contributed by atoms with Gasteiger partial charge in [-0.15, -0.1) is 0 Å². The van der Waals surface area contributed by atoms with Crippen molar-refractivity contribution >= 4 is 44.5 Å². The molecule has 2 amide bonds. The minimum Gasteiger partial charge on any atom is -0.426 e. The van der Waals surface area contributed by atoms with Gasteiger partial charge < -0.3 is 25.6 Å². The molecule has 1 aliphatic rings. The SMILES string of the molecule is CC(=O)Oc1ccccc1C(=O)NC(CNS(=O)(=O)c1ccc2ccccc2c1)C(=O)N(C)C1CCCN(C(=N)N)C1. The predicted molar refractivity (Wildman–Crippen MR) is 157 cm³/mol. The fraction of sp³-hybridized carbons (Fsp3) is 0.310. The lowest BCUT2D eigenvalue weighted by atomic mass is 10.0. The van der Waals surface area contributed by atoms with Crippen LogP contribution in [0.2, 0.25) is 0 Å². The number of fused-ring (bicyclic) bond motifs is 1. The summed E-state index contributed by atoms with van der Waals surface area (Å²) in [6, 6.07) is 16.4. The molecule has 0 aromatic heterocycles. The number of sulfonamides is 1. The number of hydrogen-bond donors (Lipinski definition) is 4. The number of carbonyl (C=O) groups excluding carboxylic acids is 3. The van der Waals surface area contributed by atoms with E-state index in [0.29, 0.717) is 25.9 Å². The van der Waals surface area contributed by atoms with E-state index in [9.17, 15) is 22.8 Å². The average Bonchev–Trinajstić information content (AvgIpc) is 2.98. The second-order valence-electron chi connectivity index (χ2n) is 10.1. The molecule has 2 unspecified atom stereocenters. The topological polar surface area (TPSA) is 175 Å². The van der Waals surface area contributed by atoms with Crippen LogP contribution in [0.1, 0.15) is 30.1 Å². The van der Waals surface area contributed by atoms with Crippen LogP contribution < -0.4 is 20.5 Å². The first-order valence-electron chi connectivity index (χ1n) is 13.4. The van der Waals surface area contributed by atoms with Gasteiger partial charge in [-0.25, -0.2) is 13.1 Å². The maximum Gasteiger partial charge on any atom is 0.308 e. The Labute approximate surface area is 244 Å². The molecule has 2 atom stereocenters. The Bertz CT molecular complexity index is 1610. The van der Waals surface area contributed by atoms with Gasteiger partial charge in [0.1, 0.15) is 11.8 Å². The third kappa shape index (κ3) is 7.22. The van der Waals surface area contributed by atoms with Crippen molar-refractivity contribution in [3.05, 3.63) is 72.3 Å². The van der Waals surface area contributed by atoms with Crippen molar-refractivity contribution in [2.45, 2.75) is 36.7 Å². The van der Waals surface area contributed by atoms with Crippen LogP contribution in [-0.2, 0) is 19.6 Å². The van der Waals surface area contributed by atoms with E-state index in [-0.39, 0.29) is 28.2 Å². The predicted octanol–water partition coefficient (Wildman–Crippen LogP) is 1.66. The standard InChI is InChI=1S/C29H34N6O6S/c1-19(36)41-26-12-6-5-11-24(26)27(37)33-25(28(38)34(2)22-10-7-15-35(18-22)29(30)31)17-32-42(39,40)23-14-13-20-8-3-4-9-21(20)16-23/h3-6,8-9,11-14,16,22,25,32H,7,10,15,17-18H2,1-2H3,(H3,30,31)(H,33,37). The zero-order chi connectivity index (χ0) is 30.4. The maximum absolute atomic E-state index is 13.8. The minimum atomic E-state index is -4.07. The number of likely N-dealkylation sites (N-methyl/N-ethyl adjacent to an activating group) is 1. The number of para-hydroxylation sites is 1. The molecule has 3 aromatic rings. The van der Waals surface area contributed by atoms with Gasteiger partial charge in [-0.1, -0.05) is 42.5 Å². The van der Waals surface area contributed by atoms with Crippen LogP contribution >= 0.6 is 0 Å². The molecule has 12 nitrogen and oxygen atoms in total. The Balaban J connectivity index is 1.59. The third-order valence-electron chi connectivity index (χ3n) is 7.13. The highest BCUT2D eigenvalue weighted by Gasteiger charge is 2.33. The van der Waals surface area contributed by atoms with Gasteiger partial charge in [0.2, 0.25) is 15.9 Å². The largest absolute Gasteiger partial charge is 0.426 e. The second kappa shape index (κ2) is 13.0. The molecule has 1 aliphatic heterocycles. The maximum atomic E-state index is 13.8. The van der Waals surface area contributed by atoms with E-state index in [4.69, 9.17) is 15.9 Å². The van der Waals surface area contributed by atoms with Gasteiger partial charge in [0, 0.05) is 39.6 Å². The zero-order valence-corrected chi connectivity index (χ0v) is 24.2. The van der Waals surface area contributed by atoms with Crippen LogP contribution in [0, 0.1) is 5.41 Å². The first-order valence-corrected chi connectivity index (χ1v) is 14.9. The van der Waals surface area contributed by atoms with Gasteiger partial charge in [0.25, 0.3) is 5.91 Å². The zero-order valence-electron chi connectivity index (χ0n) is 23.4. The molecule has 42 heavy (non-hydrogen) atoms. The van der Waals surface area contributed by atoms with E-state index >= 15 is 0 Å². The van der Waals surface area contributed by atoms with Crippen molar-refractivity contribution in [1.29, 1.82) is 5.41 Å². The Morgan fingerprint density at radius 1 is 1.10 bits per heavy atom.